The van der Waals surface area contributed by atoms with Gasteiger partial charge in [0.15, 0.2) is 0 Å². The van der Waals surface area contributed by atoms with Crippen LogP contribution in [0, 0.1) is 0 Å². The van der Waals surface area contributed by atoms with Gasteiger partial charge in [0.2, 0.25) is 0 Å². The molecule has 0 radical (unpaired) electrons. The van der Waals surface area contributed by atoms with E-state index in [0.29, 0.717) is 18.2 Å². The first kappa shape index (κ1) is 6.76. The van der Waals surface area contributed by atoms with Gasteiger partial charge in [0.05, 0.1) is 18.2 Å². The van der Waals surface area contributed by atoms with Crippen LogP contribution in [0.5, 0.6) is 0 Å². The Morgan fingerprint density at radius 3 is 3.09 bits per heavy atom. The summed E-state index contributed by atoms with van der Waals surface area (Å²) in [6.45, 7) is 0. The highest BCUT2D eigenvalue weighted by Gasteiger charge is 2.44. The number of nitrogens with one attached hydrogen (secondary N) is 1. The number of epoxide rings is 1. The molecule has 0 aromatic rings. The molecule has 60 valence electrons. The number of nitrogens with zero attached hydrogens (tertiary/aromatic N) is 3. The number of hydrogen-bond donors (Lipinski definition) is 1. The standard InChI is InChI=1S/C6H10N4O/c7-9-10-8-4-1-2-5-6(3-4)11-5/h4-6,8H,1-3H2. The molecule has 1 saturated heterocycles. The van der Waals surface area contributed by atoms with Gasteiger partial charge >= 0.3 is 0 Å². The summed E-state index contributed by atoms with van der Waals surface area (Å²) >= 11 is 0. The summed E-state index contributed by atoms with van der Waals surface area (Å²) in [5.41, 5.74) is 10.8. The van der Waals surface area contributed by atoms with Crippen LogP contribution in [0.1, 0.15) is 19.3 Å². The third-order valence-electron chi connectivity index (χ3n) is 2.29. The van der Waals surface area contributed by atoms with Crippen molar-refractivity contribution in [3.63, 3.8) is 0 Å². The minimum Gasteiger partial charge on any atom is -0.369 e. The van der Waals surface area contributed by atoms with E-state index in [1.807, 2.05) is 0 Å². The number of fused-ring (bicyclic) bond motifs is 1. The third-order valence-corrected chi connectivity index (χ3v) is 2.29. The van der Waals surface area contributed by atoms with E-state index in [1.54, 1.807) is 0 Å². The van der Waals surface area contributed by atoms with Gasteiger partial charge in [-0.15, -0.1) is 5.53 Å². The molecule has 1 N–H and O–H groups in total. The van der Waals surface area contributed by atoms with Crippen molar-refractivity contribution in [3.05, 3.63) is 10.4 Å². The Bertz CT molecular complexity index is 201. The molecule has 1 saturated carbocycles. The molecule has 0 spiro atoms. The number of rotatable bonds is 2. The molecule has 1 aliphatic heterocycles. The van der Waals surface area contributed by atoms with Crippen molar-refractivity contribution >= 4 is 0 Å². The molecule has 5 heteroatoms. The molecule has 2 aliphatic rings. The summed E-state index contributed by atoms with van der Waals surface area (Å²) in [7, 11) is 0. The van der Waals surface area contributed by atoms with E-state index in [4.69, 9.17) is 10.3 Å². The molecular weight excluding hydrogens is 144 g/mol. The van der Waals surface area contributed by atoms with Gasteiger partial charge in [-0.1, -0.05) is 0 Å². The summed E-state index contributed by atoms with van der Waals surface area (Å²) in [4.78, 5) is 2.64. The first-order valence-electron chi connectivity index (χ1n) is 3.85. The summed E-state index contributed by atoms with van der Waals surface area (Å²) in [5, 5.41) is 3.32. The van der Waals surface area contributed by atoms with Gasteiger partial charge in [-0.2, -0.15) is 4.91 Å². The van der Waals surface area contributed by atoms with Crippen LogP contribution < -0.4 is 5.43 Å². The fourth-order valence-electron chi connectivity index (χ4n) is 1.63. The van der Waals surface area contributed by atoms with Crippen LogP contribution in [0.25, 0.3) is 10.4 Å². The quantitative estimate of drug-likeness (QED) is 0.213. The molecule has 0 amide bonds. The van der Waals surface area contributed by atoms with E-state index in [9.17, 15) is 0 Å². The Balaban J connectivity index is 1.80. The van der Waals surface area contributed by atoms with E-state index in [2.05, 4.69) is 15.6 Å². The van der Waals surface area contributed by atoms with E-state index in [1.165, 1.54) is 0 Å². The normalized spacial score (nSPS) is 40.2. The minimum atomic E-state index is 0.328. The molecule has 0 aromatic carbocycles. The lowest BCUT2D eigenvalue weighted by Gasteiger charge is -2.13. The van der Waals surface area contributed by atoms with Gasteiger partial charge in [0, 0.05) is 6.42 Å². The van der Waals surface area contributed by atoms with Crippen LogP contribution in [0.3, 0.4) is 0 Å². The summed E-state index contributed by atoms with van der Waals surface area (Å²) < 4.78 is 5.31. The lowest BCUT2D eigenvalue weighted by atomic mass is 9.96. The van der Waals surface area contributed by atoms with Crippen molar-refractivity contribution in [1.29, 1.82) is 0 Å². The van der Waals surface area contributed by atoms with Crippen LogP contribution in [-0.4, -0.2) is 18.2 Å². The maximum Gasteiger partial charge on any atom is 0.0992 e. The Morgan fingerprint density at radius 1 is 1.45 bits per heavy atom. The predicted molar refractivity (Wildman–Crippen MR) is 38.6 cm³/mol. The highest BCUT2D eigenvalue weighted by atomic mass is 16.6. The van der Waals surface area contributed by atoms with Crippen molar-refractivity contribution in [1.82, 2.24) is 5.43 Å². The second kappa shape index (κ2) is 2.60. The zero-order chi connectivity index (χ0) is 7.68. The van der Waals surface area contributed by atoms with E-state index in [-0.39, 0.29) is 0 Å². The second-order valence-corrected chi connectivity index (χ2v) is 3.04. The highest BCUT2D eigenvalue weighted by molar-refractivity contribution is 4.93. The molecule has 0 bridgehead atoms. The summed E-state index contributed by atoms with van der Waals surface area (Å²) in [6, 6.07) is 0.328. The van der Waals surface area contributed by atoms with Crippen molar-refractivity contribution < 1.29 is 4.74 Å². The first-order chi connectivity index (χ1) is 5.40. The lowest BCUT2D eigenvalue weighted by molar-refractivity contribution is 0.366. The average Bonchev–Trinajstić information content (AvgIpc) is 2.78. The van der Waals surface area contributed by atoms with Crippen LogP contribution in [0.15, 0.2) is 5.22 Å². The average molecular weight is 154 g/mol. The fourth-order valence-corrected chi connectivity index (χ4v) is 1.63. The highest BCUT2D eigenvalue weighted by Crippen LogP contribution is 2.36. The molecule has 2 fully saturated rings. The van der Waals surface area contributed by atoms with Gasteiger partial charge in [-0.05, 0) is 18.1 Å². The minimum absolute atomic E-state index is 0.328. The van der Waals surface area contributed by atoms with Gasteiger partial charge in [-0.3, -0.25) is 5.43 Å². The molecule has 1 aliphatic carbocycles. The largest absolute Gasteiger partial charge is 0.369 e. The van der Waals surface area contributed by atoms with E-state index in [0.717, 1.165) is 19.3 Å². The molecule has 1 heterocycles. The monoisotopic (exact) mass is 154 g/mol. The number of ether oxygens (including phenoxy) is 1. The topological polar surface area (TPSA) is 73.3 Å². The van der Waals surface area contributed by atoms with Gasteiger partial charge in [0.25, 0.3) is 0 Å². The molecule has 3 unspecified atom stereocenters. The van der Waals surface area contributed by atoms with Crippen molar-refractivity contribution in [2.75, 3.05) is 0 Å². The van der Waals surface area contributed by atoms with Crippen LogP contribution in [0.2, 0.25) is 0 Å². The van der Waals surface area contributed by atoms with E-state index >= 15 is 0 Å². The van der Waals surface area contributed by atoms with Crippen molar-refractivity contribution in [3.8, 4) is 0 Å². The Morgan fingerprint density at radius 2 is 2.36 bits per heavy atom. The van der Waals surface area contributed by atoms with Crippen LogP contribution >= 0.6 is 0 Å². The van der Waals surface area contributed by atoms with Crippen molar-refractivity contribution in [2.24, 2.45) is 5.22 Å². The maximum atomic E-state index is 8.04. The molecule has 11 heavy (non-hydrogen) atoms. The summed E-state index contributed by atoms with van der Waals surface area (Å²) in [5.74, 6) is 0. The molecular formula is C6H10N4O. The van der Waals surface area contributed by atoms with Gasteiger partial charge in [0.1, 0.15) is 0 Å². The fraction of sp³-hybridized carbons (Fsp3) is 1.00. The summed E-state index contributed by atoms with van der Waals surface area (Å²) in [6.07, 6.45) is 4.10. The zero-order valence-corrected chi connectivity index (χ0v) is 6.10. The smallest absolute Gasteiger partial charge is 0.0992 e. The molecule has 3 atom stereocenters. The lowest BCUT2D eigenvalue weighted by Crippen LogP contribution is -2.29. The first-order valence-corrected chi connectivity index (χ1v) is 3.85. The Kier molecular flexibility index (Phi) is 1.60. The molecule has 5 nitrogen and oxygen atoms in total. The van der Waals surface area contributed by atoms with E-state index < -0.39 is 0 Å². The number of azide groups is 1. The van der Waals surface area contributed by atoms with Crippen LogP contribution in [0.4, 0.5) is 0 Å². The maximum absolute atomic E-state index is 8.04. The van der Waals surface area contributed by atoms with Crippen molar-refractivity contribution in [2.45, 2.75) is 37.5 Å². The molecule has 0 aromatic heterocycles. The second-order valence-electron chi connectivity index (χ2n) is 3.04. The zero-order valence-electron chi connectivity index (χ0n) is 6.10. The molecule has 2 rings (SSSR count). The Hall–Kier alpha value is -0.930. The third kappa shape index (κ3) is 1.39. The van der Waals surface area contributed by atoms with Gasteiger partial charge < -0.3 is 4.74 Å². The van der Waals surface area contributed by atoms with Crippen LogP contribution in [-0.2, 0) is 4.74 Å². The Labute approximate surface area is 64.3 Å². The van der Waals surface area contributed by atoms with Gasteiger partial charge in [-0.25, -0.2) is 0 Å². The SMILES string of the molecule is [N-]=[N+]=NNC1CCC2OC2C1. The predicted octanol–water partition coefficient (Wildman–Crippen LogP) is 1.12. The number of hydrogen-bond acceptors (Lipinski definition) is 2.